The Labute approximate surface area is 123 Å². The molecule has 1 aliphatic carbocycles. The Kier molecular flexibility index (Phi) is 3.35. The first-order valence-corrected chi connectivity index (χ1v) is 7.41. The number of carboxylic acids is 1. The molecule has 1 aromatic carbocycles. The van der Waals surface area contributed by atoms with Gasteiger partial charge < -0.3 is 15.7 Å². The van der Waals surface area contributed by atoms with Crippen LogP contribution in [0.5, 0.6) is 0 Å². The topological polar surface area (TPSA) is 83.6 Å². The third kappa shape index (κ3) is 2.48. The van der Waals surface area contributed by atoms with Crippen LogP contribution in [0, 0.1) is 5.92 Å². The Morgan fingerprint density at radius 3 is 2.19 bits per heavy atom. The number of amides is 1. The Hall–Kier alpha value is -2.04. The molecular weight excluding hydrogens is 268 g/mol. The summed E-state index contributed by atoms with van der Waals surface area (Å²) in [6.45, 7) is 1.10. The minimum atomic E-state index is -0.748. The number of hydrogen-bond donors (Lipinski definition) is 2. The van der Waals surface area contributed by atoms with Crippen LogP contribution in [0.2, 0.25) is 0 Å². The normalized spacial score (nSPS) is 21.0. The molecule has 0 bridgehead atoms. The number of hydrogen-bond acceptors (Lipinski definition) is 3. The lowest BCUT2D eigenvalue weighted by Crippen LogP contribution is -2.45. The van der Waals surface area contributed by atoms with Crippen LogP contribution < -0.4 is 5.73 Å². The number of anilines is 1. The van der Waals surface area contributed by atoms with Crippen molar-refractivity contribution in [2.45, 2.75) is 31.1 Å². The summed E-state index contributed by atoms with van der Waals surface area (Å²) < 4.78 is 0. The van der Waals surface area contributed by atoms with Crippen molar-refractivity contribution in [3.63, 3.8) is 0 Å². The summed E-state index contributed by atoms with van der Waals surface area (Å²) in [5.41, 5.74) is 7.04. The molecule has 1 saturated heterocycles. The van der Waals surface area contributed by atoms with Crippen molar-refractivity contribution in [3.8, 4) is 0 Å². The highest BCUT2D eigenvalue weighted by Gasteiger charge is 2.53. The van der Waals surface area contributed by atoms with E-state index in [0.717, 1.165) is 18.4 Å². The van der Waals surface area contributed by atoms with Gasteiger partial charge in [0.05, 0.1) is 11.3 Å². The predicted molar refractivity (Wildman–Crippen MR) is 78.7 cm³/mol. The van der Waals surface area contributed by atoms with Gasteiger partial charge in [0.25, 0.3) is 0 Å². The molecular formula is C16H20N2O3. The first-order valence-electron chi connectivity index (χ1n) is 7.41. The summed E-state index contributed by atoms with van der Waals surface area (Å²) in [6.07, 6.45) is 2.85. The van der Waals surface area contributed by atoms with Crippen LogP contribution in [0.3, 0.4) is 0 Å². The Morgan fingerprint density at radius 1 is 1.14 bits per heavy atom. The fourth-order valence-electron chi connectivity index (χ4n) is 3.19. The van der Waals surface area contributed by atoms with Crippen molar-refractivity contribution in [1.29, 1.82) is 0 Å². The lowest BCUT2D eigenvalue weighted by Gasteiger charge is -2.33. The van der Waals surface area contributed by atoms with Gasteiger partial charge in [0.2, 0.25) is 5.91 Å². The third-order valence-corrected chi connectivity index (χ3v) is 4.75. The second-order valence-electron chi connectivity index (χ2n) is 6.11. The molecule has 0 unspecified atom stereocenters. The zero-order valence-electron chi connectivity index (χ0n) is 11.9. The van der Waals surface area contributed by atoms with E-state index in [0.29, 0.717) is 31.6 Å². The number of rotatable bonds is 3. The number of carbonyl (C=O) groups excluding carboxylic acids is 1. The van der Waals surface area contributed by atoms with Gasteiger partial charge in [-0.15, -0.1) is 0 Å². The number of carboxylic acid groups (broad SMARTS) is 1. The summed E-state index contributed by atoms with van der Waals surface area (Å²) in [5.74, 6) is -0.904. The van der Waals surface area contributed by atoms with Gasteiger partial charge >= 0.3 is 5.97 Å². The van der Waals surface area contributed by atoms with Crippen LogP contribution in [0.25, 0.3) is 0 Å². The van der Waals surface area contributed by atoms with Gasteiger partial charge in [-0.1, -0.05) is 12.1 Å². The lowest BCUT2D eigenvalue weighted by molar-refractivity contribution is -0.146. The standard InChI is InChI=1S/C16H20N2O3/c17-13-3-1-12(2-4-13)16(7-8-16)15(21)18-9-5-11(6-10-18)14(19)20/h1-4,11H,5-10,17H2,(H,19,20). The average molecular weight is 288 g/mol. The molecule has 2 fully saturated rings. The molecule has 1 aliphatic heterocycles. The molecule has 112 valence electrons. The fourth-order valence-corrected chi connectivity index (χ4v) is 3.19. The van der Waals surface area contributed by atoms with Crippen molar-refractivity contribution in [3.05, 3.63) is 29.8 Å². The second kappa shape index (κ2) is 5.06. The summed E-state index contributed by atoms with van der Waals surface area (Å²) in [4.78, 5) is 25.6. The fraction of sp³-hybridized carbons (Fsp3) is 0.500. The summed E-state index contributed by atoms with van der Waals surface area (Å²) in [5, 5.41) is 9.02. The average Bonchev–Trinajstić information content (AvgIpc) is 3.29. The summed E-state index contributed by atoms with van der Waals surface area (Å²) >= 11 is 0. The van der Waals surface area contributed by atoms with Gasteiger partial charge in [-0.3, -0.25) is 9.59 Å². The van der Waals surface area contributed by atoms with Crippen LogP contribution in [-0.4, -0.2) is 35.0 Å². The number of benzene rings is 1. The highest BCUT2D eigenvalue weighted by atomic mass is 16.4. The molecule has 1 saturated carbocycles. The highest BCUT2D eigenvalue weighted by molar-refractivity contribution is 5.91. The molecule has 0 aromatic heterocycles. The van der Waals surface area contributed by atoms with Gasteiger partial charge in [0.15, 0.2) is 0 Å². The zero-order chi connectivity index (χ0) is 15.0. The van der Waals surface area contributed by atoms with Gasteiger partial charge in [0, 0.05) is 18.8 Å². The Morgan fingerprint density at radius 2 is 1.71 bits per heavy atom. The molecule has 0 radical (unpaired) electrons. The van der Waals surface area contributed by atoms with Crippen molar-refractivity contribution in [1.82, 2.24) is 4.90 Å². The Bertz CT molecular complexity index is 555. The van der Waals surface area contributed by atoms with Crippen molar-refractivity contribution < 1.29 is 14.7 Å². The maximum Gasteiger partial charge on any atom is 0.306 e. The molecule has 1 heterocycles. The SMILES string of the molecule is Nc1ccc(C2(C(=O)N3CCC(C(=O)O)CC3)CC2)cc1. The van der Waals surface area contributed by atoms with Crippen molar-refractivity contribution >= 4 is 17.6 Å². The van der Waals surface area contributed by atoms with Crippen LogP contribution in [0.1, 0.15) is 31.2 Å². The maximum atomic E-state index is 12.8. The third-order valence-electron chi connectivity index (χ3n) is 4.75. The van der Waals surface area contributed by atoms with E-state index in [4.69, 9.17) is 10.8 Å². The molecule has 0 atom stereocenters. The molecule has 5 nitrogen and oxygen atoms in total. The lowest BCUT2D eigenvalue weighted by atomic mass is 9.91. The summed E-state index contributed by atoms with van der Waals surface area (Å²) in [6, 6.07) is 7.53. The van der Waals surface area contributed by atoms with E-state index in [1.807, 2.05) is 29.2 Å². The van der Waals surface area contributed by atoms with Gasteiger partial charge in [-0.25, -0.2) is 0 Å². The number of likely N-dealkylation sites (tertiary alicyclic amines) is 1. The number of carbonyl (C=O) groups is 2. The van der Waals surface area contributed by atoms with Gasteiger partial charge in [0.1, 0.15) is 0 Å². The minimum absolute atomic E-state index is 0.149. The van der Waals surface area contributed by atoms with E-state index in [9.17, 15) is 9.59 Å². The quantitative estimate of drug-likeness (QED) is 0.828. The monoisotopic (exact) mass is 288 g/mol. The van der Waals surface area contributed by atoms with Crippen molar-refractivity contribution in [2.24, 2.45) is 5.92 Å². The Balaban J connectivity index is 1.71. The molecule has 1 amide bonds. The second-order valence-corrected chi connectivity index (χ2v) is 6.11. The molecule has 3 rings (SSSR count). The summed E-state index contributed by atoms with van der Waals surface area (Å²) in [7, 11) is 0. The first kappa shape index (κ1) is 13.9. The number of nitrogens with two attached hydrogens (primary N) is 1. The number of piperidine rings is 1. The molecule has 2 aliphatic rings. The van der Waals surface area contributed by atoms with Crippen LogP contribution in [-0.2, 0) is 15.0 Å². The number of nitrogen functional groups attached to an aromatic ring is 1. The van der Waals surface area contributed by atoms with E-state index in [2.05, 4.69) is 0 Å². The molecule has 1 aromatic rings. The molecule has 0 spiro atoms. The molecule has 5 heteroatoms. The zero-order valence-corrected chi connectivity index (χ0v) is 11.9. The van der Waals surface area contributed by atoms with E-state index < -0.39 is 5.97 Å². The van der Waals surface area contributed by atoms with Crippen LogP contribution in [0.4, 0.5) is 5.69 Å². The van der Waals surface area contributed by atoms with E-state index >= 15 is 0 Å². The molecule has 3 N–H and O–H groups in total. The molecule has 21 heavy (non-hydrogen) atoms. The smallest absolute Gasteiger partial charge is 0.306 e. The highest BCUT2D eigenvalue weighted by Crippen LogP contribution is 2.50. The van der Waals surface area contributed by atoms with Crippen LogP contribution in [0.15, 0.2) is 24.3 Å². The minimum Gasteiger partial charge on any atom is -0.481 e. The number of aliphatic carboxylic acids is 1. The van der Waals surface area contributed by atoms with E-state index in [1.54, 1.807) is 0 Å². The van der Waals surface area contributed by atoms with E-state index in [1.165, 1.54) is 0 Å². The van der Waals surface area contributed by atoms with Crippen LogP contribution >= 0.6 is 0 Å². The maximum absolute atomic E-state index is 12.8. The first-order chi connectivity index (χ1) is 10.0. The van der Waals surface area contributed by atoms with E-state index in [-0.39, 0.29) is 17.2 Å². The predicted octanol–water partition coefficient (Wildman–Crippen LogP) is 1.62. The van der Waals surface area contributed by atoms with Gasteiger partial charge in [-0.05, 0) is 43.4 Å². The van der Waals surface area contributed by atoms with Gasteiger partial charge in [-0.2, -0.15) is 0 Å². The number of nitrogens with zero attached hydrogens (tertiary/aromatic N) is 1. The van der Waals surface area contributed by atoms with Crippen molar-refractivity contribution in [2.75, 3.05) is 18.8 Å². The largest absolute Gasteiger partial charge is 0.481 e.